The molecule has 0 saturated carbocycles. The lowest BCUT2D eigenvalue weighted by Gasteiger charge is -2.10. The third kappa shape index (κ3) is 4.04. The topological polar surface area (TPSA) is 77.8 Å². The van der Waals surface area contributed by atoms with E-state index >= 15 is 0 Å². The number of pyridine rings is 1. The number of para-hydroxylation sites is 1. The number of aryl methyl sites for hydroxylation is 1. The Hall–Kier alpha value is -4.04. The van der Waals surface area contributed by atoms with Gasteiger partial charge in [0.05, 0.1) is 25.4 Å². The first-order chi connectivity index (χ1) is 16.5. The maximum absolute atomic E-state index is 14.8. The minimum absolute atomic E-state index is 0.172. The summed E-state index contributed by atoms with van der Waals surface area (Å²) in [5.41, 5.74) is 3.11. The molecule has 0 fully saturated rings. The summed E-state index contributed by atoms with van der Waals surface area (Å²) < 4.78 is 22.0. The van der Waals surface area contributed by atoms with E-state index in [0.717, 1.165) is 16.6 Å². The van der Waals surface area contributed by atoms with Gasteiger partial charge in [0.1, 0.15) is 11.5 Å². The largest absolute Gasteiger partial charge is 0.491 e. The highest BCUT2D eigenvalue weighted by Crippen LogP contribution is 2.32. The monoisotopic (exact) mass is 474 g/mol. The van der Waals surface area contributed by atoms with E-state index in [1.54, 1.807) is 49.4 Å². The lowest BCUT2D eigenvalue weighted by molar-refractivity contribution is 0.413. The Labute approximate surface area is 200 Å². The second kappa shape index (κ2) is 9.07. The second-order valence-corrected chi connectivity index (χ2v) is 8.06. The molecule has 0 saturated heterocycles. The van der Waals surface area contributed by atoms with Crippen molar-refractivity contribution in [2.24, 2.45) is 0 Å². The van der Waals surface area contributed by atoms with Crippen molar-refractivity contribution in [2.45, 2.75) is 13.5 Å². The van der Waals surface area contributed by atoms with Gasteiger partial charge in [0.25, 0.3) is 0 Å². The summed E-state index contributed by atoms with van der Waals surface area (Å²) in [5.74, 6) is 1.05. The molecular weight excluding hydrogens is 455 g/mol. The number of rotatable bonds is 6. The van der Waals surface area contributed by atoms with Gasteiger partial charge < -0.3 is 10.1 Å². The summed E-state index contributed by atoms with van der Waals surface area (Å²) in [7, 11) is 1.56. The molecule has 5 rings (SSSR count). The average molecular weight is 475 g/mol. The molecule has 7 nitrogen and oxygen atoms in total. The van der Waals surface area contributed by atoms with Crippen molar-refractivity contribution in [3.8, 4) is 17.3 Å². The molecular formula is C25H20ClFN6O. The van der Waals surface area contributed by atoms with Crippen LogP contribution in [0, 0.1) is 12.7 Å². The van der Waals surface area contributed by atoms with E-state index in [2.05, 4.69) is 20.3 Å². The van der Waals surface area contributed by atoms with Crippen molar-refractivity contribution < 1.29 is 9.13 Å². The molecule has 0 unspecified atom stereocenters. The van der Waals surface area contributed by atoms with E-state index in [1.165, 1.54) is 0 Å². The Balaban J connectivity index is 1.60. The fourth-order valence-electron chi connectivity index (χ4n) is 3.72. The number of methoxy groups -OCH3 is 1. The number of halogens is 2. The van der Waals surface area contributed by atoms with Crippen molar-refractivity contribution in [3.63, 3.8) is 0 Å². The third-order valence-corrected chi connectivity index (χ3v) is 5.83. The van der Waals surface area contributed by atoms with Crippen molar-refractivity contribution in [1.82, 2.24) is 24.7 Å². The maximum atomic E-state index is 14.8. The Kier molecular flexibility index (Phi) is 5.81. The first-order valence-corrected chi connectivity index (χ1v) is 10.9. The van der Waals surface area contributed by atoms with Gasteiger partial charge in [-0.3, -0.25) is 9.67 Å². The molecule has 0 amide bonds. The number of aromatic nitrogens is 5. The van der Waals surface area contributed by atoms with E-state index in [0.29, 0.717) is 39.2 Å². The molecule has 9 heteroatoms. The van der Waals surface area contributed by atoms with Crippen molar-refractivity contribution >= 4 is 34.0 Å². The number of hydrogen-bond acceptors (Lipinski definition) is 6. The van der Waals surface area contributed by atoms with Crippen LogP contribution in [0.1, 0.15) is 11.1 Å². The second-order valence-electron chi connectivity index (χ2n) is 7.65. The number of hydrogen-bond donors (Lipinski definition) is 1. The lowest BCUT2D eigenvalue weighted by atomic mass is 10.1. The summed E-state index contributed by atoms with van der Waals surface area (Å²) in [6, 6.07) is 14.7. The predicted octanol–water partition coefficient (Wildman–Crippen LogP) is 5.79. The highest BCUT2D eigenvalue weighted by molar-refractivity contribution is 6.31. The van der Waals surface area contributed by atoms with E-state index in [1.807, 2.05) is 36.4 Å². The minimum atomic E-state index is -0.335. The van der Waals surface area contributed by atoms with Crippen LogP contribution in [0.25, 0.3) is 22.4 Å². The summed E-state index contributed by atoms with van der Waals surface area (Å²) in [4.78, 5) is 13.2. The number of nitrogens with zero attached hydrogens (tertiary/aromatic N) is 5. The zero-order valence-electron chi connectivity index (χ0n) is 18.5. The minimum Gasteiger partial charge on any atom is -0.491 e. The molecule has 5 aromatic rings. The van der Waals surface area contributed by atoms with Gasteiger partial charge in [-0.05, 0) is 36.8 Å². The first kappa shape index (κ1) is 21.8. The van der Waals surface area contributed by atoms with Crippen LogP contribution in [0.3, 0.4) is 0 Å². The molecule has 0 aliphatic heterocycles. The van der Waals surface area contributed by atoms with E-state index in [9.17, 15) is 4.39 Å². The molecule has 170 valence electrons. The highest BCUT2D eigenvalue weighted by Gasteiger charge is 2.19. The molecule has 2 aromatic carbocycles. The Morgan fingerprint density at radius 2 is 1.88 bits per heavy atom. The van der Waals surface area contributed by atoms with Crippen LogP contribution in [0.15, 0.2) is 67.1 Å². The van der Waals surface area contributed by atoms with Gasteiger partial charge in [0.2, 0.25) is 0 Å². The Bertz CT molecular complexity index is 1490. The van der Waals surface area contributed by atoms with Gasteiger partial charge in [0.15, 0.2) is 17.4 Å². The van der Waals surface area contributed by atoms with Gasteiger partial charge >= 0.3 is 0 Å². The highest BCUT2D eigenvalue weighted by atomic mass is 35.5. The summed E-state index contributed by atoms with van der Waals surface area (Å²) in [5, 5.41) is 9.18. The van der Waals surface area contributed by atoms with Crippen molar-refractivity contribution in [1.29, 1.82) is 0 Å². The molecule has 3 aromatic heterocycles. The standard InChI is InChI=1S/C25H20ClFN6O/c1-15-7-8-19(26)18(22(15)27)14-33-20-6-4-3-5-17(20)23(32-33)25-29-13-21(34-2)24(31-25)30-16-9-11-28-12-10-16/h3-13H,14H2,1-2H3,(H,28,29,30,31). The first-order valence-electron chi connectivity index (χ1n) is 10.5. The van der Waals surface area contributed by atoms with Crippen LogP contribution >= 0.6 is 11.6 Å². The molecule has 0 radical (unpaired) electrons. The van der Waals surface area contributed by atoms with Crippen molar-refractivity contribution in [3.05, 3.63) is 89.1 Å². The smallest absolute Gasteiger partial charge is 0.183 e. The Morgan fingerprint density at radius 1 is 1.09 bits per heavy atom. The summed E-state index contributed by atoms with van der Waals surface area (Å²) >= 11 is 6.33. The molecule has 3 heterocycles. The fraction of sp³-hybridized carbons (Fsp3) is 0.120. The molecule has 0 aliphatic rings. The number of benzene rings is 2. The van der Waals surface area contributed by atoms with Crippen LogP contribution in [0.4, 0.5) is 15.9 Å². The maximum Gasteiger partial charge on any atom is 0.183 e. The number of anilines is 2. The number of fused-ring (bicyclic) bond motifs is 1. The van der Waals surface area contributed by atoms with Crippen LogP contribution in [-0.2, 0) is 6.54 Å². The normalized spacial score (nSPS) is 11.1. The van der Waals surface area contributed by atoms with Crippen LogP contribution < -0.4 is 10.1 Å². The number of ether oxygens (including phenoxy) is 1. The Morgan fingerprint density at radius 3 is 2.68 bits per heavy atom. The van der Waals surface area contributed by atoms with Gasteiger partial charge in [-0.15, -0.1) is 0 Å². The molecule has 0 aliphatic carbocycles. The molecule has 0 bridgehead atoms. The fourth-order valence-corrected chi connectivity index (χ4v) is 3.92. The summed E-state index contributed by atoms with van der Waals surface area (Å²) in [6.07, 6.45) is 4.96. The number of nitrogens with one attached hydrogen (secondary N) is 1. The van der Waals surface area contributed by atoms with Crippen molar-refractivity contribution in [2.75, 3.05) is 12.4 Å². The van der Waals surface area contributed by atoms with E-state index < -0.39 is 0 Å². The average Bonchev–Trinajstić information content (AvgIpc) is 3.23. The summed E-state index contributed by atoms with van der Waals surface area (Å²) in [6.45, 7) is 1.88. The van der Waals surface area contributed by atoms with Crippen LogP contribution in [0.2, 0.25) is 5.02 Å². The van der Waals surface area contributed by atoms with E-state index in [4.69, 9.17) is 21.4 Å². The van der Waals surface area contributed by atoms with Crippen LogP contribution in [-0.4, -0.2) is 31.8 Å². The predicted molar refractivity (Wildman–Crippen MR) is 130 cm³/mol. The molecule has 0 spiro atoms. The zero-order valence-corrected chi connectivity index (χ0v) is 19.2. The lowest BCUT2D eigenvalue weighted by Crippen LogP contribution is -2.06. The zero-order chi connectivity index (χ0) is 23.7. The van der Waals surface area contributed by atoms with Gasteiger partial charge in [0, 0.05) is 34.1 Å². The van der Waals surface area contributed by atoms with E-state index in [-0.39, 0.29) is 12.4 Å². The van der Waals surface area contributed by atoms with Gasteiger partial charge in [-0.1, -0.05) is 35.9 Å². The SMILES string of the molecule is COc1cnc(-c2nn(Cc3c(Cl)ccc(C)c3F)c3ccccc23)nc1Nc1ccncc1. The molecule has 34 heavy (non-hydrogen) atoms. The quantitative estimate of drug-likeness (QED) is 0.335. The van der Waals surface area contributed by atoms with Crippen LogP contribution in [0.5, 0.6) is 5.75 Å². The van der Waals surface area contributed by atoms with Gasteiger partial charge in [-0.2, -0.15) is 5.10 Å². The molecule has 1 N–H and O–H groups in total. The van der Waals surface area contributed by atoms with Gasteiger partial charge in [-0.25, -0.2) is 14.4 Å². The molecule has 0 atom stereocenters. The third-order valence-electron chi connectivity index (χ3n) is 5.47.